The number of nitrogens with zero attached hydrogens (tertiary/aromatic N) is 4. The van der Waals surface area contributed by atoms with Crippen LogP contribution in [-0.2, 0) is 22.6 Å². The molecule has 1 aromatic carbocycles. The Kier molecular flexibility index (Phi) is 8.72. The van der Waals surface area contributed by atoms with E-state index in [1.807, 2.05) is 0 Å². The number of methoxy groups -OCH3 is 1. The van der Waals surface area contributed by atoms with Crippen molar-refractivity contribution in [1.82, 2.24) is 20.0 Å². The summed E-state index contributed by atoms with van der Waals surface area (Å²) in [6.07, 6.45) is 0. The van der Waals surface area contributed by atoms with Crippen LogP contribution in [0.25, 0.3) is 0 Å². The van der Waals surface area contributed by atoms with E-state index in [1.165, 1.54) is 31.3 Å². The summed E-state index contributed by atoms with van der Waals surface area (Å²) in [6, 6.07) is 8.84. The van der Waals surface area contributed by atoms with Crippen LogP contribution in [0.15, 0.2) is 29.3 Å². The van der Waals surface area contributed by atoms with E-state index in [-0.39, 0.29) is 17.8 Å². The van der Waals surface area contributed by atoms with E-state index in [4.69, 9.17) is 9.73 Å². The topological polar surface area (TPSA) is 60.4 Å². The minimum absolute atomic E-state index is 0.0904. The predicted octanol–water partition coefficient (Wildman–Crippen LogP) is 2.03. The van der Waals surface area contributed by atoms with Crippen LogP contribution in [0.2, 0.25) is 0 Å². The number of likely N-dealkylation sites (tertiary alicyclic amines) is 1. The number of rotatable bonds is 7. The molecule has 0 aromatic heterocycles. The van der Waals surface area contributed by atoms with Crippen molar-refractivity contribution in [2.75, 3.05) is 59.5 Å². The third-order valence-electron chi connectivity index (χ3n) is 6.50. The first-order valence-electron chi connectivity index (χ1n) is 11.7. The lowest BCUT2D eigenvalue weighted by Crippen LogP contribution is -2.45. The summed E-state index contributed by atoms with van der Waals surface area (Å²) in [5.74, 6) is 0.915. The number of likely N-dealkylation sites (N-methyl/N-ethyl adjacent to an activating group) is 1. The molecule has 2 aliphatic heterocycles. The Morgan fingerprint density at radius 2 is 1.71 bits per heavy atom. The molecule has 2 atom stereocenters. The zero-order valence-corrected chi connectivity index (χ0v) is 19.6. The van der Waals surface area contributed by atoms with Gasteiger partial charge in [-0.3, -0.25) is 9.69 Å². The van der Waals surface area contributed by atoms with Crippen LogP contribution in [0.5, 0.6) is 0 Å². The average molecular weight is 430 g/mol. The van der Waals surface area contributed by atoms with Crippen LogP contribution in [0.4, 0.5) is 0 Å². The van der Waals surface area contributed by atoms with E-state index < -0.39 is 0 Å². The van der Waals surface area contributed by atoms with Crippen LogP contribution >= 0.6 is 0 Å². The Labute approximate surface area is 187 Å². The third kappa shape index (κ3) is 6.43. The van der Waals surface area contributed by atoms with Crippen molar-refractivity contribution in [1.29, 1.82) is 0 Å². The second-order valence-electron chi connectivity index (χ2n) is 8.71. The molecule has 1 aromatic rings. The van der Waals surface area contributed by atoms with Gasteiger partial charge in [0.2, 0.25) is 0 Å². The maximum atomic E-state index is 12.0. The van der Waals surface area contributed by atoms with Gasteiger partial charge in [-0.05, 0) is 30.5 Å². The Morgan fingerprint density at radius 3 is 2.32 bits per heavy atom. The third-order valence-corrected chi connectivity index (χ3v) is 6.50. The molecule has 2 saturated heterocycles. The van der Waals surface area contributed by atoms with Gasteiger partial charge in [0.15, 0.2) is 5.96 Å². The van der Waals surface area contributed by atoms with Crippen molar-refractivity contribution in [3.8, 4) is 0 Å². The second kappa shape index (κ2) is 11.5. The van der Waals surface area contributed by atoms with Crippen molar-refractivity contribution in [3.63, 3.8) is 0 Å². The van der Waals surface area contributed by atoms with Crippen molar-refractivity contribution >= 4 is 11.9 Å². The van der Waals surface area contributed by atoms with E-state index in [9.17, 15) is 4.79 Å². The van der Waals surface area contributed by atoms with Gasteiger partial charge >= 0.3 is 5.97 Å². The van der Waals surface area contributed by atoms with Crippen LogP contribution in [0.3, 0.4) is 0 Å². The van der Waals surface area contributed by atoms with Gasteiger partial charge in [0.1, 0.15) is 0 Å². The minimum Gasteiger partial charge on any atom is -0.469 e. The quantitative estimate of drug-likeness (QED) is 0.407. The molecule has 7 nitrogen and oxygen atoms in total. The van der Waals surface area contributed by atoms with Crippen molar-refractivity contribution in [2.45, 2.75) is 33.9 Å². The molecule has 172 valence electrons. The summed E-state index contributed by atoms with van der Waals surface area (Å²) in [7, 11) is 1.46. The lowest BCUT2D eigenvalue weighted by molar-refractivity contribution is -0.145. The summed E-state index contributed by atoms with van der Waals surface area (Å²) >= 11 is 0. The second-order valence-corrected chi connectivity index (χ2v) is 8.71. The molecule has 2 aliphatic rings. The highest BCUT2D eigenvalue weighted by Gasteiger charge is 2.36. The van der Waals surface area contributed by atoms with E-state index >= 15 is 0 Å². The number of hydrogen-bond acceptors (Lipinski definition) is 5. The van der Waals surface area contributed by atoms with Crippen molar-refractivity contribution in [3.05, 3.63) is 35.4 Å². The van der Waals surface area contributed by atoms with E-state index in [0.29, 0.717) is 13.1 Å². The average Bonchev–Trinajstić information content (AvgIpc) is 3.19. The van der Waals surface area contributed by atoms with Gasteiger partial charge in [0.05, 0.1) is 19.6 Å². The highest BCUT2D eigenvalue weighted by Crippen LogP contribution is 2.24. The van der Waals surface area contributed by atoms with Crippen molar-refractivity contribution in [2.24, 2.45) is 16.8 Å². The minimum atomic E-state index is -0.127. The number of piperazine rings is 1. The Morgan fingerprint density at radius 1 is 1.06 bits per heavy atom. The monoisotopic (exact) mass is 429 g/mol. The van der Waals surface area contributed by atoms with Gasteiger partial charge in [-0.1, -0.05) is 38.1 Å². The number of hydrogen-bond donors (Lipinski definition) is 1. The summed E-state index contributed by atoms with van der Waals surface area (Å²) in [5, 5.41) is 3.38. The van der Waals surface area contributed by atoms with Crippen LogP contribution < -0.4 is 5.32 Å². The number of ether oxygens (including phenoxy) is 1. The lowest BCUT2D eigenvalue weighted by Gasteiger charge is -2.34. The first-order chi connectivity index (χ1) is 15.0. The largest absolute Gasteiger partial charge is 0.469 e. The molecule has 2 fully saturated rings. The van der Waals surface area contributed by atoms with E-state index in [1.54, 1.807) is 0 Å². The molecule has 0 amide bonds. The predicted molar refractivity (Wildman–Crippen MR) is 125 cm³/mol. The molecule has 0 aliphatic carbocycles. The fourth-order valence-corrected chi connectivity index (χ4v) is 4.46. The van der Waals surface area contributed by atoms with Crippen LogP contribution in [0.1, 0.15) is 31.9 Å². The lowest BCUT2D eigenvalue weighted by atomic mass is 9.99. The standard InChI is InChI=1S/C24H39N5O2/c1-5-25-24(29-16-19(3)22(18-29)23(30)31-4)26-15-20-7-9-21(10-8-20)17-28-13-11-27(6-2)12-14-28/h7-10,19,22H,5-6,11-18H2,1-4H3,(H,25,26). The number of nitrogens with one attached hydrogen (secondary N) is 1. The molecule has 0 radical (unpaired) electrons. The Balaban J connectivity index is 1.56. The molecule has 3 rings (SSSR count). The summed E-state index contributed by atoms with van der Waals surface area (Å²) < 4.78 is 4.97. The SMILES string of the molecule is CCNC(=NCc1ccc(CN2CCN(CC)CC2)cc1)N1CC(C)C(C(=O)OC)C1. The maximum absolute atomic E-state index is 12.0. The zero-order chi connectivity index (χ0) is 22.2. The summed E-state index contributed by atoms with van der Waals surface area (Å²) in [6.45, 7) is 16.1. The number of benzene rings is 1. The number of esters is 1. The number of carbonyl (C=O) groups excluding carboxylic acids is 1. The first-order valence-corrected chi connectivity index (χ1v) is 11.7. The molecule has 0 saturated carbocycles. The van der Waals surface area contributed by atoms with Crippen LogP contribution in [0, 0.1) is 11.8 Å². The van der Waals surface area contributed by atoms with Gasteiger partial charge in [-0.25, -0.2) is 4.99 Å². The van der Waals surface area contributed by atoms with Gasteiger partial charge in [-0.15, -0.1) is 0 Å². The zero-order valence-electron chi connectivity index (χ0n) is 19.6. The van der Waals surface area contributed by atoms with Crippen LogP contribution in [-0.4, -0.2) is 86.1 Å². The molecule has 1 N–H and O–H groups in total. The molecular formula is C24H39N5O2. The highest BCUT2D eigenvalue weighted by molar-refractivity contribution is 5.82. The first kappa shape index (κ1) is 23.5. The molecule has 2 unspecified atom stereocenters. The smallest absolute Gasteiger partial charge is 0.310 e. The van der Waals surface area contributed by atoms with Gasteiger partial charge in [0, 0.05) is 52.4 Å². The normalized spacial score (nSPS) is 23.2. The number of guanidine groups is 1. The molecule has 2 heterocycles. The molecule has 31 heavy (non-hydrogen) atoms. The summed E-state index contributed by atoms with van der Waals surface area (Å²) in [5.41, 5.74) is 2.56. The Bertz CT molecular complexity index is 728. The molecule has 0 spiro atoms. The van der Waals surface area contributed by atoms with Gasteiger partial charge in [-0.2, -0.15) is 0 Å². The molecular weight excluding hydrogens is 390 g/mol. The highest BCUT2D eigenvalue weighted by atomic mass is 16.5. The number of aliphatic imine (C=N–C) groups is 1. The van der Waals surface area contributed by atoms with Crippen molar-refractivity contribution < 1.29 is 9.53 Å². The fraction of sp³-hybridized carbons (Fsp3) is 0.667. The fourth-order valence-electron chi connectivity index (χ4n) is 4.46. The van der Waals surface area contributed by atoms with E-state index in [2.05, 4.69) is 65.1 Å². The Hall–Kier alpha value is -2.12. The van der Waals surface area contributed by atoms with E-state index in [0.717, 1.165) is 45.2 Å². The molecule has 7 heteroatoms. The number of carbonyl (C=O) groups is 1. The summed E-state index contributed by atoms with van der Waals surface area (Å²) in [4.78, 5) is 24.1. The van der Waals surface area contributed by atoms with Gasteiger partial charge < -0.3 is 19.9 Å². The van der Waals surface area contributed by atoms with Gasteiger partial charge in [0.25, 0.3) is 0 Å². The molecule has 0 bridgehead atoms. The maximum Gasteiger partial charge on any atom is 0.310 e.